The molecule has 0 aliphatic heterocycles. The van der Waals surface area contributed by atoms with E-state index in [1.54, 1.807) is 27.7 Å². The molecule has 0 bridgehead atoms. The molecular weight excluding hydrogens is 461 g/mol. The number of hydrogen-bond donors (Lipinski definition) is 0. The van der Waals surface area contributed by atoms with Crippen LogP contribution in [0.5, 0.6) is 5.75 Å². The van der Waals surface area contributed by atoms with Gasteiger partial charge in [0.25, 0.3) is 0 Å². The van der Waals surface area contributed by atoms with Gasteiger partial charge in [-0.1, -0.05) is 18.2 Å². The van der Waals surface area contributed by atoms with Crippen LogP contribution in [0.2, 0.25) is 0 Å². The number of esters is 3. The summed E-state index contributed by atoms with van der Waals surface area (Å²) in [4.78, 5) is 37.2. The van der Waals surface area contributed by atoms with E-state index in [0.717, 1.165) is 29.6 Å². The van der Waals surface area contributed by atoms with Crippen LogP contribution in [-0.4, -0.2) is 30.1 Å². The summed E-state index contributed by atoms with van der Waals surface area (Å²) in [5.74, 6) is -2.76. The molecule has 2 rings (SSSR count). The van der Waals surface area contributed by atoms with E-state index < -0.39 is 41.9 Å². The van der Waals surface area contributed by atoms with Crippen LogP contribution < -0.4 is 4.74 Å². The van der Waals surface area contributed by atoms with Gasteiger partial charge in [-0.2, -0.15) is 13.2 Å². The normalized spacial score (nSPS) is 11.8. The first kappa shape index (κ1) is 26.1. The summed E-state index contributed by atoms with van der Waals surface area (Å²) in [6.45, 7) is 8.01. The Balaban J connectivity index is 2.38. The maximum atomic E-state index is 13.1. The summed E-state index contributed by atoms with van der Waals surface area (Å²) in [7, 11) is 0. The van der Waals surface area contributed by atoms with Crippen LogP contribution in [0.25, 0.3) is 6.08 Å². The molecular formula is C23H23F3O6S. The zero-order valence-corrected chi connectivity index (χ0v) is 19.4. The van der Waals surface area contributed by atoms with Crippen LogP contribution in [-0.2, 0) is 20.4 Å². The lowest BCUT2D eigenvalue weighted by atomic mass is 10.1. The van der Waals surface area contributed by atoms with Crippen molar-refractivity contribution >= 4 is 35.3 Å². The van der Waals surface area contributed by atoms with Gasteiger partial charge in [0, 0.05) is 11.6 Å². The summed E-state index contributed by atoms with van der Waals surface area (Å²) < 4.78 is 55.0. The average Bonchev–Trinajstić information content (AvgIpc) is 3.01. The molecule has 0 radical (unpaired) electrons. The second-order valence-electron chi connectivity index (χ2n) is 7.46. The predicted molar refractivity (Wildman–Crippen MR) is 116 cm³/mol. The Bertz CT molecular complexity index is 1070. The number of carbonyl (C=O) groups excluding carboxylic acids is 3. The van der Waals surface area contributed by atoms with Crippen molar-refractivity contribution in [3.8, 4) is 5.75 Å². The molecule has 1 aromatic carbocycles. The average molecular weight is 484 g/mol. The third kappa shape index (κ3) is 6.92. The highest BCUT2D eigenvalue weighted by molar-refractivity contribution is 7.16. The molecule has 178 valence electrons. The summed E-state index contributed by atoms with van der Waals surface area (Å²) in [5.41, 5.74) is -0.968. The number of rotatable bonds is 7. The van der Waals surface area contributed by atoms with Gasteiger partial charge in [-0.15, -0.1) is 11.3 Å². The number of carbonyl (C=O) groups is 3. The van der Waals surface area contributed by atoms with Gasteiger partial charge in [-0.05, 0) is 52.3 Å². The van der Waals surface area contributed by atoms with Crippen LogP contribution in [0.3, 0.4) is 0 Å². The number of benzene rings is 1. The molecule has 0 fully saturated rings. The van der Waals surface area contributed by atoms with E-state index in [2.05, 4.69) is 0 Å². The smallest absolute Gasteiger partial charge is 0.416 e. The maximum absolute atomic E-state index is 13.1. The Morgan fingerprint density at radius 2 is 1.48 bits per heavy atom. The third-order valence-corrected chi connectivity index (χ3v) is 5.25. The van der Waals surface area contributed by atoms with Crippen LogP contribution in [0.15, 0.2) is 30.3 Å². The zero-order chi connectivity index (χ0) is 24.9. The Morgan fingerprint density at radius 1 is 0.939 bits per heavy atom. The predicted octanol–water partition coefficient (Wildman–Crippen LogP) is 5.82. The SMILES string of the molecule is Cc1c(C(=O)OC(C)C)sc(C(=O)OC(C)C)c1OC(=O)C=Cc1ccccc1C(F)(F)F. The Morgan fingerprint density at radius 3 is 2.03 bits per heavy atom. The number of thiophene rings is 1. The second kappa shape index (κ2) is 10.7. The van der Waals surface area contributed by atoms with Crippen LogP contribution >= 0.6 is 11.3 Å². The molecule has 6 nitrogen and oxygen atoms in total. The van der Waals surface area contributed by atoms with Crippen molar-refractivity contribution in [2.45, 2.75) is 53.0 Å². The highest BCUT2D eigenvalue weighted by Crippen LogP contribution is 2.37. The summed E-state index contributed by atoms with van der Waals surface area (Å²) in [6.07, 6.45) is -3.73. The molecule has 1 aromatic heterocycles. The van der Waals surface area contributed by atoms with E-state index in [9.17, 15) is 27.6 Å². The number of hydrogen-bond acceptors (Lipinski definition) is 7. The molecule has 0 aliphatic rings. The first-order valence-electron chi connectivity index (χ1n) is 9.92. The fraction of sp³-hybridized carbons (Fsp3) is 0.348. The van der Waals surface area contributed by atoms with Crippen LogP contribution in [0.4, 0.5) is 13.2 Å². The first-order chi connectivity index (χ1) is 15.3. The fourth-order valence-corrected chi connectivity index (χ4v) is 3.68. The fourth-order valence-electron chi connectivity index (χ4n) is 2.68. The van der Waals surface area contributed by atoms with Crippen molar-refractivity contribution in [1.82, 2.24) is 0 Å². The van der Waals surface area contributed by atoms with Gasteiger partial charge < -0.3 is 14.2 Å². The quantitative estimate of drug-likeness (QED) is 0.364. The van der Waals surface area contributed by atoms with Crippen molar-refractivity contribution in [2.75, 3.05) is 0 Å². The molecule has 0 N–H and O–H groups in total. The van der Waals surface area contributed by atoms with Crippen LogP contribution in [0, 0.1) is 6.92 Å². The van der Waals surface area contributed by atoms with Gasteiger partial charge >= 0.3 is 24.1 Å². The van der Waals surface area contributed by atoms with Gasteiger partial charge in [0.15, 0.2) is 10.6 Å². The molecule has 0 saturated carbocycles. The lowest BCUT2D eigenvalue weighted by Gasteiger charge is -2.10. The highest BCUT2D eigenvalue weighted by atomic mass is 32.1. The van der Waals surface area contributed by atoms with Gasteiger partial charge in [-0.25, -0.2) is 14.4 Å². The van der Waals surface area contributed by atoms with E-state index in [-0.39, 0.29) is 26.6 Å². The van der Waals surface area contributed by atoms with Crippen molar-refractivity contribution < 1.29 is 41.8 Å². The summed E-state index contributed by atoms with van der Waals surface area (Å²) in [6, 6.07) is 4.72. The minimum Gasteiger partial charge on any atom is -0.459 e. The van der Waals surface area contributed by atoms with E-state index >= 15 is 0 Å². The zero-order valence-electron chi connectivity index (χ0n) is 18.6. The standard InChI is InChI=1S/C23H23F3O6S/c1-12(2)30-21(28)19-14(5)18(20(33-19)22(29)31-13(3)4)32-17(27)11-10-15-8-6-7-9-16(15)23(24,25)26/h6-13H,1-5H3. The minimum absolute atomic E-state index is 0.0496. The molecule has 0 atom stereocenters. The number of alkyl halides is 3. The highest BCUT2D eigenvalue weighted by Gasteiger charge is 2.32. The van der Waals surface area contributed by atoms with E-state index in [1.165, 1.54) is 25.1 Å². The second-order valence-corrected chi connectivity index (χ2v) is 8.48. The molecule has 0 amide bonds. The number of halogens is 3. The lowest BCUT2D eigenvalue weighted by molar-refractivity contribution is -0.137. The maximum Gasteiger partial charge on any atom is 0.416 e. The van der Waals surface area contributed by atoms with E-state index in [4.69, 9.17) is 14.2 Å². The molecule has 2 aromatic rings. The molecule has 1 heterocycles. The molecule has 33 heavy (non-hydrogen) atoms. The Labute approximate surface area is 193 Å². The minimum atomic E-state index is -4.60. The van der Waals surface area contributed by atoms with E-state index in [1.807, 2.05) is 0 Å². The van der Waals surface area contributed by atoms with Crippen molar-refractivity contribution in [3.63, 3.8) is 0 Å². The van der Waals surface area contributed by atoms with Gasteiger partial charge in [-0.3, -0.25) is 0 Å². The topological polar surface area (TPSA) is 78.9 Å². The molecule has 10 heteroatoms. The summed E-state index contributed by atoms with van der Waals surface area (Å²) in [5, 5.41) is 0. The van der Waals surface area contributed by atoms with Crippen molar-refractivity contribution in [2.24, 2.45) is 0 Å². The van der Waals surface area contributed by atoms with Gasteiger partial charge in [0.1, 0.15) is 4.88 Å². The van der Waals surface area contributed by atoms with Crippen LogP contribution in [0.1, 0.15) is 63.7 Å². The first-order valence-corrected chi connectivity index (χ1v) is 10.7. The largest absolute Gasteiger partial charge is 0.459 e. The van der Waals surface area contributed by atoms with E-state index in [0.29, 0.717) is 0 Å². The molecule has 0 spiro atoms. The van der Waals surface area contributed by atoms with Crippen molar-refractivity contribution in [1.29, 1.82) is 0 Å². The third-order valence-electron chi connectivity index (χ3n) is 4.02. The Hall–Kier alpha value is -3.14. The monoisotopic (exact) mass is 484 g/mol. The summed E-state index contributed by atoms with van der Waals surface area (Å²) >= 11 is 0.749. The van der Waals surface area contributed by atoms with Crippen molar-refractivity contribution in [3.05, 3.63) is 56.8 Å². The van der Waals surface area contributed by atoms with Gasteiger partial charge in [0.05, 0.1) is 17.8 Å². The molecule has 0 unspecified atom stereocenters. The lowest BCUT2D eigenvalue weighted by Crippen LogP contribution is -2.13. The Kier molecular flexibility index (Phi) is 8.43. The number of ether oxygens (including phenoxy) is 3. The van der Waals surface area contributed by atoms with Gasteiger partial charge in [0.2, 0.25) is 0 Å². The molecule has 0 aliphatic carbocycles. The molecule has 0 saturated heterocycles.